The van der Waals surface area contributed by atoms with Crippen LogP contribution in [0.15, 0.2) is 35.4 Å². The van der Waals surface area contributed by atoms with E-state index < -0.39 is 22.0 Å². The standard InChI is InChI=1S/C13H14ClN3O4S2/c1-8(12(18)19)17-23(20,21)11-4-2-9(3-5-11)15-6-10-7-16-13(14)22-10/h2-5,7-8,15,17H,6H2,1H3,(H,18,19). The van der Waals surface area contributed by atoms with Crippen molar-refractivity contribution < 1.29 is 18.3 Å². The third-order valence-electron chi connectivity index (χ3n) is 2.86. The number of halogens is 1. The van der Waals surface area contributed by atoms with E-state index in [1.54, 1.807) is 18.3 Å². The summed E-state index contributed by atoms with van der Waals surface area (Å²) in [5.41, 5.74) is 0.722. The number of hydrogen-bond acceptors (Lipinski definition) is 6. The fraction of sp³-hybridized carbons (Fsp3) is 0.231. The molecule has 1 unspecified atom stereocenters. The molecule has 0 aliphatic rings. The summed E-state index contributed by atoms with van der Waals surface area (Å²) < 4.78 is 26.6. The second kappa shape index (κ2) is 7.26. The van der Waals surface area contributed by atoms with Crippen molar-refractivity contribution in [3.63, 3.8) is 0 Å². The first kappa shape index (κ1) is 17.7. The van der Waals surface area contributed by atoms with E-state index >= 15 is 0 Å². The van der Waals surface area contributed by atoms with Gasteiger partial charge in [-0.3, -0.25) is 4.79 Å². The van der Waals surface area contributed by atoms with Gasteiger partial charge in [0.25, 0.3) is 0 Å². The Kier molecular flexibility index (Phi) is 5.58. The van der Waals surface area contributed by atoms with Crippen LogP contribution in [0.1, 0.15) is 11.8 Å². The van der Waals surface area contributed by atoms with Gasteiger partial charge in [-0.25, -0.2) is 13.4 Å². The van der Waals surface area contributed by atoms with E-state index in [9.17, 15) is 13.2 Å². The Balaban J connectivity index is 2.02. The topological polar surface area (TPSA) is 108 Å². The largest absolute Gasteiger partial charge is 0.480 e. The first-order valence-corrected chi connectivity index (χ1v) is 9.15. The minimum absolute atomic E-state index is 0.00279. The number of benzene rings is 1. The zero-order valence-corrected chi connectivity index (χ0v) is 14.4. The van der Waals surface area contributed by atoms with E-state index in [2.05, 4.69) is 15.0 Å². The third kappa shape index (κ3) is 4.90. The number of hydrogen-bond donors (Lipinski definition) is 3. The Labute approximate surface area is 142 Å². The summed E-state index contributed by atoms with van der Waals surface area (Å²) in [5.74, 6) is -1.24. The van der Waals surface area contributed by atoms with Gasteiger partial charge in [-0.05, 0) is 31.2 Å². The molecule has 0 fully saturated rings. The quantitative estimate of drug-likeness (QED) is 0.684. The van der Waals surface area contributed by atoms with Crippen molar-refractivity contribution in [2.24, 2.45) is 0 Å². The molecule has 124 valence electrons. The van der Waals surface area contributed by atoms with Gasteiger partial charge in [0.2, 0.25) is 10.0 Å². The Hall–Kier alpha value is -1.68. The van der Waals surface area contributed by atoms with E-state index in [1.807, 2.05) is 0 Å². The monoisotopic (exact) mass is 375 g/mol. The minimum Gasteiger partial charge on any atom is -0.480 e. The predicted octanol–water partition coefficient (Wildman–Crippen LogP) is 2.16. The van der Waals surface area contributed by atoms with Crippen LogP contribution in [0.4, 0.5) is 5.69 Å². The number of carboxylic acid groups (broad SMARTS) is 1. The number of sulfonamides is 1. The molecule has 0 saturated carbocycles. The summed E-state index contributed by atoms with van der Waals surface area (Å²) in [5, 5.41) is 11.9. The third-order valence-corrected chi connectivity index (χ3v) is 5.53. The van der Waals surface area contributed by atoms with E-state index in [1.165, 1.54) is 30.4 Å². The van der Waals surface area contributed by atoms with E-state index in [0.29, 0.717) is 11.0 Å². The number of aliphatic carboxylic acids is 1. The van der Waals surface area contributed by atoms with Crippen LogP contribution >= 0.6 is 22.9 Å². The van der Waals surface area contributed by atoms with Crippen molar-refractivity contribution in [1.82, 2.24) is 9.71 Å². The second-order valence-electron chi connectivity index (χ2n) is 4.64. The summed E-state index contributed by atoms with van der Waals surface area (Å²) in [6.07, 6.45) is 1.66. The van der Waals surface area contributed by atoms with Crippen molar-refractivity contribution in [3.8, 4) is 0 Å². The Morgan fingerprint density at radius 3 is 2.57 bits per heavy atom. The number of rotatable bonds is 7. The molecule has 2 aromatic rings. The van der Waals surface area contributed by atoms with E-state index in [0.717, 1.165) is 10.6 Å². The van der Waals surface area contributed by atoms with Crippen molar-refractivity contribution in [3.05, 3.63) is 39.8 Å². The summed E-state index contributed by atoms with van der Waals surface area (Å²) in [6.45, 7) is 1.78. The van der Waals surface area contributed by atoms with Crippen LogP contribution in [0.2, 0.25) is 4.47 Å². The fourth-order valence-corrected chi connectivity index (χ4v) is 3.77. The van der Waals surface area contributed by atoms with Gasteiger partial charge in [0, 0.05) is 16.8 Å². The Morgan fingerprint density at radius 1 is 1.39 bits per heavy atom. The molecule has 10 heteroatoms. The lowest BCUT2D eigenvalue weighted by atomic mass is 10.3. The normalized spacial score (nSPS) is 12.8. The maximum absolute atomic E-state index is 12.0. The molecule has 0 spiro atoms. The van der Waals surface area contributed by atoms with Gasteiger partial charge in [-0.1, -0.05) is 11.6 Å². The highest BCUT2D eigenvalue weighted by Gasteiger charge is 2.21. The predicted molar refractivity (Wildman–Crippen MR) is 88.3 cm³/mol. The van der Waals surface area contributed by atoms with Crippen LogP contribution in [-0.4, -0.2) is 30.5 Å². The molecule has 0 saturated heterocycles. The molecule has 3 N–H and O–H groups in total. The molecule has 1 heterocycles. The maximum Gasteiger partial charge on any atom is 0.321 e. The molecule has 0 bridgehead atoms. The smallest absolute Gasteiger partial charge is 0.321 e. The number of aromatic nitrogens is 1. The van der Waals surface area contributed by atoms with Crippen molar-refractivity contribution in [1.29, 1.82) is 0 Å². The van der Waals surface area contributed by atoms with Gasteiger partial charge in [-0.15, -0.1) is 11.3 Å². The zero-order valence-electron chi connectivity index (χ0n) is 12.0. The average molecular weight is 376 g/mol. The lowest BCUT2D eigenvalue weighted by molar-refractivity contribution is -0.138. The highest BCUT2D eigenvalue weighted by Crippen LogP contribution is 2.20. The Bertz CT molecular complexity index is 790. The molecule has 7 nitrogen and oxygen atoms in total. The van der Waals surface area contributed by atoms with Gasteiger partial charge in [0.05, 0.1) is 11.4 Å². The number of carbonyl (C=O) groups is 1. The van der Waals surface area contributed by atoms with Gasteiger partial charge >= 0.3 is 5.97 Å². The molecule has 23 heavy (non-hydrogen) atoms. The SMILES string of the molecule is CC(NS(=O)(=O)c1ccc(NCc2cnc(Cl)s2)cc1)C(=O)O. The molecular formula is C13H14ClN3O4S2. The molecular weight excluding hydrogens is 362 g/mol. The summed E-state index contributed by atoms with van der Waals surface area (Å²) in [4.78, 5) is 15.6. The summed E-state index contributed by atoms with van der Waals surface area (Å²) >= 11 is 7.10. The molecule has 0 aliphatic carbocycles. The lowest BCUT2D eigenvalue weighted by Crippen LogP contribution is -2.38. The summed E-state index contributed by atoms with van der Waals surface area (Å²) in [6, 6.07) is 4.80. The van der Waals surface area contributed by atoms with E-state index in [-0.39, 0.29) is 4.90 Å². The molecule has 0 aliphatic heterocycles. The van der Waals surface area contributed by atoms with Crippen LogP contribution in [-0.2, 0) is 21.4 Å². The molecule has 0 amide bonds. The van der Waals surface area contributed by atoms with Crippen LogP contribution < -0.4 is 10.0 Å². The maximum atomic E-state index is 12.0. The second-order valence-corrected chi connectivity index (χ2v) is 8.05. The van der Waals surface area contributed by atoms with E-state index in [4.69, 9.17) is 16.7 Å². The molecule has 1 aromatic heterocycles. The Morgan fingerprint density at radius 2 is 2.04 bits per heavy atom. The van der Waals surface area contributed by atoms with Crippen LogP contribution in [0, 0.1) is 0 Å². The first-order valence-electron chi connectivity index (χ1n) is 6.47. The molecule has 1 aromatic carbocycles. The van der Waals surface area contributed by atoms with Gasteiger partial charge in [0.15, 0.2) is 4.47 Å². The highest BCUT2D eigenvalue weighted by molar-refractivity contribution is 7.89. The minimum atomic E-state index is -3.87. The van der Waals surface area contributed by atoms with Crippen molar-refractivity contribution in [2.45, 2.75) is 24.4 Å². The number of nitrogens with one attached hydrogen (secondary N) is 2. The number of carboxylic acids is 1. The van der Waals surface area contributed by atoms with Crippen LogP contribution in [0.5, 0.6) is 0 Å². The fourth-order valence-electron chi connectivity index (χ4n) is 1.66. The first-order chi connectivity index (χ1) is 10.8. The van der Waals surface area contributed by atoms with Gasteiger partial charge < -0.3 is 10.4 Å². The molecule has 1 atom stereocenters. The highest BCUT2D eigenvalue weighted by atomic mass is 35.5. The summed E-state index contributed by atoms with van der Waals surface area (Å²) in [7, 11) is -3.87. The lowest BCUT2D eigenvalue weighted by Gasteiger charge is -2.11. The number of nitrogens with zero attached hydrogens (tertiary/aromatic N) is 1. The van der Waals surface area contributed by atoms with Gasteiger partial charge in [-0.2, -0.15) is 4.72 Å². The average Bonchev–Trinajstić information content (AvgIpc) is 2.90. The van der Waals surface area contributed by atoms with Crippen molar-refractivity contribution in [2.75, 3.05) is 5.32 Å². The zero-order chi connectivity index (χ0) is 17.0. The van der Waals surface area contributed by atoms with Crippen molar-refractivity contribution >= 4 is 44.6 Å². The number of thiazole rings is 1. The molecule has 2 rings (SSSR count). The van der Waals surface area contributed by atoms with Crippen LogP contribution in [0.3, 0.4) is 0 Å². The van der Waals surface area contributed by atoms with Gasteiger partial charge in [0.1, 0.15) is 6.04 Å². The molecule has 0 radical (unpaired) electrons. The number of anilines is 1. The van der Waals surface area contributed by atoms with Crippen LogP contribution in [0.25, 0.3) is 0 Å².